The number of hydrogen-bond acceptors (Lipinski definition) is 8. The molecule has 0 aromatic rings. The molecular weight excluding hydrogens is 391 g/mol. The second-order valence-corrected chi connectivity index (χ2v) is 8.07. The van der Waals surface area contributed by atoms with Crippen LogP contribution in [0.1, 0.15) is 33.1 Å². The highest BCUT2D eigenvalue weighted by Crippen LogP contribution is 2.32. The maximum absolute atomic E-state index is 14.7. The van der Waals surface area contributed by atoms with Crippen LogP contribution in [0.4, 0.5) is 4.39 Å². The number of allylic oxidation sites excluding steroid dienone is 3. The van der Waals surface area contributed by atoms with E-state index >= 15 is 0 Å². The molecule has 2 rings (SSSR count). The molecule has 0 saturated carbocycles. The molecule has 2 aliphatic rings. The highest BCUT2D eigenvalue weighted by Gasteiger charge is 2.35. The first-order valence-electron chi connectivity index (χ1n) is 10.5. The molecule has 0 bridgehead atoms. The van der Waals surface area contributed by atoms with Crippen molar-refractivity contribution in [2.75, 3.05) is 32.8 Å². The third kappa shape index (κ3) is 7.67. The number of hydrazone groups is 1. The highest BCUT2D eigenvalue weighted by molar-refractivity contribution is 5.89. The molecule has 1 aliphatic carbocycles. The van der Waals surface area contributed by atoms with Crippen LogP contribution in [0.2, 0.25) is 0 Å². The van der Waals surface area contributed by atoms with Gasteiger partial charge in [-0.2, -0.15) is 0 Å². The predicted octanol–water partition coefficient (Wildman–Crippen LogP) is 0.825. The van der Waals surface area contributed by atoms with Gasteiger partial charge in [0.2, 0.25) is 0 Å². The molecule has 1 aliphatic heterocycles. The molecule has 0 radical (unpaired) electrons. The average molecular weight is 427 g/mol. The first kappa shape index (κ1) is 24.3. The van der Waals surface area contributed by atoms with E-state index < -0.39 is 18.1 Å². The summed E-state index contributed by atoms with van der Waals surface area (Å²) in [5.41, 5.74) is 15.0. The van der Waals surface area contributed by atoms with Crippen LogP contribution in [0, 0.1) is 17.8 Å². The van der Waals surface area contributed by atoms with Crippen LogP contribution in [0.15, 0.2) is 28.4 Å². The molecule has 170 valence electrons. The lowest BCUT2D eigenvalue weighted by atomic mass is 9.79. The van der Waals surface area contributed by atoms with Crippen LogP contribution in [0.5, 0.6) is 0 Å². The molecule has 0 aromatic carbocycles. The van der Waals surface area contributed by atoms with E-state index in [1.165, 1.54) is 0 Å². The van der Waals surface area contributed by atoms with Crippen LogP contribution in [0.25, 0.3) is 0 Å². The van der Waals surface area contributed by atoms with Crippen molar-refractivity contribution < 1.29 is 19.0 Å². The number of alkyl halides is 1. The van der Waals surface area contributed by atoms with Crippen LogP contribution < -0.4 is 27.5 Å². The molecule has 0 amide bonds. The van der Waals surface area contributed by atoms with Crippen molar-refractivity contribution >= 4 is 11.8 Å². The van der Waals surface area contributed by atoms with Gasteiger partial charge in [-0.3, -0.25) is 10.2 Å². The van der Waals surface area contributed by atoms with Gasteiger partial charge < -0.3 is 20.9 Å². The third-order valence-electron chi connectivity index (χ3n) is 5.17. The van der Waals surface area contributed by atoms with Gasteiger partial charge in [-0.25, -0.2) is 9.93 Å². The number of halogens is 1. The van der Waals surface area contributed by atoms with E-state index in [2.05, 4.69) is 26.9 Å². The lowest BCUT2D eigenvalue weighted by Gasteiger charge is -2.27. The lowest BCUT2D eigenvalue weighted by molar-refractivity contribution is -0.143. The Balaban J connectivity index is 2.00. The number of ether oxygens (including phenoxy) is 1. The van der Waals surface area contributed by atoms with Crippen molar-refractivity contribution in [2.45, 2.75) is 39.3 Å². The van der Waals surface area contributed by atoms with Crippen molar-refractivity contribution in [1.82, 2.24) is 21.8 Å². The number of nitrogens with one attached hydrogen (secondary N) is 4. The maximum atomic E-state index is 14.7. The Kier molecular flexibility index (Phi) is 10.2. The SMILES string of the molecule is CC(C)CC(C(=O)O)C(CC1=CC=C(COCCNCCN)C(F)C1)C1=NNNN1. The number of amidine groups is 1. The summed E-state index contributed by atoms with van der Waals surface area (Å²) in [6, 6.07) is 0. The maximum Gasteiger partial charge on any atom is 0.307 e. The van der Waals surface area contributed by atoms with E-state index in [9.17, 15) is 14.3 Å². The minimum atomic E-state index is -1.13. The zero-order valence-electron chi connectivity index (χ0n) is 17.8. The Hall–Kier alpha value is -2.01. The summed E-state index contributed by atoms with van der Waals surface area (Å²) in [5.74, 6) is -1.13. The second kappa shape index (κ2) is 12.6. The van der Waals surface area contributed by atoms with Gasteiger partial charge in [0, 0.05) is 32.0 Å². The van der Waals surface area contributed by atoms with Crippen LogP contribution >= 0.6 is 0 Å². The molecule has 3 unspecified atom stereocenters. The Morgan fingerprint density at radius 3 is 2.83 bits per heavy atom. The first-order chi connectivity index (χ1) is 14.4. The van der Waals surface area contributed by atoms with Gasteiger partial charge in [-0.05, 0) is 24.3 Å². The molecule has 10 heteroatoms. The quantitative estimate of drug-likeness (QED) is 0.225. The van der Waals surface area contributed by atoms with Crippen molar-refractivity contribution in [1.29, 1.82) is 0 Å². The van der Waals surface area contributed by atoms with Gasteiger partial charge in [0.15, 0.2) is 0 Å². The van der Waals surface area contributed by atoms with Crippen molar-refractivity contribution in [3.63, 3.8) is 0 Å². The number of carboxylic acids is 1. The third-order valence-corrected chi connectivity index (χ3v) is 5.17. The summed E-state index contributed by atoms with van der Waals surface area (Å²) in [6.45, 7) is 6.69. The summed E-state index contributed by atoms with van der Waals surface area (Å²) in [6.07, 6.45) is 3.68. The number of carboxylic acid groups (broad SMARTS) is 1. The normalized spacial score (nSPS) is 20.7. The van der Waals surface area contributed by atoms with Crippen LogP contribution in [-0.2, 0) is 9.53 Å². The van der Waals surface area contributed by atoms with Crippen molar-refractivity contribution in [2.24, 2.45) is 28.6 Å². The van der Waals surface area contributed by atoms with E-state index in [-0.39, 0.29) is 24.9 Å². The van der Waals surface area contributed by atoms with E-state index in [0.29, 0.717) is 43.9 Å². The summed E-state index contributed by atoms with van der Waals surface area (Å²) < 4.78 is 20.3. The van der Waals surface area contributed by atoms with Gasteiger partial charge >= 0.3 is 5.97 Å². The molecule has 0 aromatic heterocycles. The zero-order chi connectivity index (χ0) is 21.9. The molecule has 0 spiro atoms. The Morgan fingerprint density at radius 2 is 2.23 bits per heavy atom. The van der Waals surface area contributed by atoms with E-state index in [4.69, 9.17) is 10.5 Å². The topological polar surface area (TPSA) is 133 Å². The lowest BCUT2D eigenvalue weighted by Crippen LogP contribution is -2.42. The summed E-state index contributed by atoms with van der Waals surface area (Å²) in [4.78, 5) is 11.9. The van der Waals surface area contributed by atoms with E-state index in [0.717, 1.165) is 12.1 Å². The molecule has 7 N–H and O–H groups in total. The van der Waals surface area contributed by atoms with Crippen molar-refractivity contribution in [3.05, 3.63) is 23.3 Å². The van der Waals surface area contributed by atoms with Gasteiger partial charge in [-0.15, -0.1) is 10.6 Å². The second-order valence-electron chi connectivity index (χ2n) is 8.07. The fourth-order valence-corrected chi connectivity index (χ4v) is 3.65. The van der Waals surface area contributed by atoms with Gasteiger partial charge in [-0.1, -0.05) is 31.6 Å². The van der Waals surface area contributed by atoms with Gasteiger partial charge in [0.25, 0.3) is 0 Å². The zero-order valence-corrected chi connectivity index (χ0v) is 17.8. The van der Waals surface area contributed by atoms with E-state index in [1.54, 1.807) is 6.08 Å². The minimum Gasteiger partial charge on any atom is -0.481 e. The number of carbonyl (C=O) groups is 1. The van der Waals surface area contributed by atoms with E-state index in [1.807, 2.05) is 19.9 Å². The van der Waals surface area contributed by atoms with Crippen LogP contribution in [-0.4, -0.2) is 55.9 Å². The molecule has 1 heterocycles. The number of hydrazine groups is 2. The Labute approximate surface area is 177 Å². The fourth-order valence-electron chi connectivity index (χ4n) is 3.65. The van der Waals surface area contributed by atoms with Crippen LogP contribution in [0.3, 0.4) is 0 Å². The molecule has 30 heavy (non-hydrogen) atoms. The van der Waals surface area contributed by atoms with Gasteiger partial charge in [0.1, 0.15) is 12.0 Å². The number of hydrogen-bond donors (Lipinski definition) is 6. The molecule has 3 atom stereocenters. The predicted molar refractivity (Wildman–Crippen MR) is 114 cm³/mol. The summed E-state index contributed by atoms with van der Waals surface area (Å²) in [5, 5.41) is 17.0. The van der Waals surface area contributed by atoms with Crippen molar-refractivity contribution in [3.8, 4) is 0 Å². The van der Waals surface area contributed by atoms with Gasteiger partial charge in [0.05, 0.1) is 19.1 Å². The largest absolute Gasteiger partial charge is 0.481 e. The summed E-state index contributed by atoms with van der Waals surface area (Å²) in [7, 11) is 0. The molecule has 9 nitrogen and oxygen atoms in total. The fraction of sp³-hybridized carbons (Fsp3) is 0.700. The number of nitrogens with two attached hydrogens (primary N) is 1. The Morgan fingerprint density at radius 1 is 1.43 bits per heavy atom. The first-order valence-corrected chi connectivity index (χ1v) is 10.5. The average Bonchev–Trinajstić information content (AvgIpc) is 3.23. The molecule has 0 fully saturated rings. The minimum absolute atomic E-state index is 0.216. The monoisotopic (exact) mass is 426 g/mol. The smallest absolute Gasteiger partial charge is 0.307 e. The number of aliphatic carboxylic acids is 1. The standard InChI is InChI=1S/C20H35FN6O3/c1-13(2)9-17(20(28)29)16(19-24-26-27-25-19)10-14-3-4-15(18(21)11-14)12-30-8-7-23-6-5-22/h3-4,13,16-18,23,26-27H,5-12,22H2,1-2H3,(H,24,25)(H,28,29). The molecular formula is C20H35FN6O3. The number of nitrogens with zero attached hydrogens (tertiary/aromatic N) is 1. The number of rotatable bonds is 14. The summed E-state index contributed by atoms with van der Waals surface area (Å²) >= 11 is 0. The highest BCUT2D eigenvalue weighted by atomic mass is 19.1. The Bertz CT molecular complexity index is 652. The molecule has 0 saturated heterocycles.